The van der Waals surface area contributed by atoms with Crippen LogP contribution in [-0.4, -0.2) is 65.1 Å². The van der Waals surface area contributed by atoms with Gasteiger partial charge in [-0.3, -0.25) is 14.5 Å². The molecule has 4 aliphatic carbocycles. The van der Waals surface area contributed by atoms with E-state index in [0.29, 0.717) is 24.9 Å². The van der Waals surface area contributed by atoms with E-state index in [9.17, 15) is 9.59 Å². The molecule has 0 amide bonds. The molecule has 0 saturated carbocycles. The highest BCUT2D eigenvalue weighted by Gasteiger charge is 2.36. The zero-order chi connectivity index (χ0) is 35.6. The van der Waals surface area contributed by atoms with Crippen molar-refractivity contribution in [1.29, 1.82) is 0 Å². The number of benzene rings is 4. The second-order valence-electron chi connectivity index (χ2n) is 13.7. The first kappa shape index (κ1) is 38.1. The van der Waals surface area contributed by atoms with E-state index in [1.165, 1.54) is 53.0 Å². The highest BCUT2D eigenvalue weighted by Crippen LogP contribution is 2.38. The molecular weight excluding hydrogens is 729 g/mol. The van der Waals surface area contributed by atoms with E-state index in [2.05, 4.69) is 126 Å². The van der Waals surface area contributed by atoms with Gasteiger partial charge in [-0.1, -0.05) is 140 Å². The molecule has 0 heterocycles. The summed E-state index contributed by atoms with van der Waals surface area (Å²) >= 11 is 2.15. The van der Waals surface area contributed by atoms with Gasteiger partial charge in [0, 0.05) is 48.1 Å². The molecule has 50 heavy (non-hydrogen) atoms. The standard InChI is InChI=1S/C19H19NO.C18H17NO.C6H15N.CH3I/c1-20(15-10-13-6-2-3-7-14(13)11-15)18-12-19(21)17-9-5-4-8-16(17)18;20-18-11-17(15-7-3-4-8-16(15)18)19-14-9-12-5-1-2-6-13(12)10-14;1-4-7(5-2)6-3;1-2/h2-9,15,18H,10-12H2,1H3;1-8,14,17,19H,9-11H2;4-6H2,1-3H3;1H3. The lowest BCUT2D eigenvalue weighted by Gasteiger charge is -2.30. The topological polar surface area (TPSA) is 52.7 Å². The van der Waals surface area contributed by atoms with E-state index in [0.717, 1.165) is 36.8 Å². The third-order valence-electron chi connectivity index (χ3n) is 11.0. The fraction of sp³-hybridized carbons (Fsp3) is 0.409. The first-order valence-electron chi connectivity index (χ1n) is 18.4. The first-order chi connectivity index (χ1) is 24.4. The molecule has 2 unspecified atom stereocenters. The molecule has 6 heteroatoms. The summed E-state index contributed by atoms with van der Waals surface area (Å²) in [6.07, 6.45) is 5.57. The molecule has 0 bridgehead atoms. The fourth-order valence-electron chi connectivity index (χ4n) is 8.12. The number of hydrogen-bond acceptors (Lipinski definition) is 5. The fourth-order valence-corrected chi connectivity index (χ4v) is 8.12. The molecule has 0 spiro atoms. The second-order valence-corrected chi connectivity index (χ2v) is 13.7. The van der Waals surface area contributed by atoms with Gasteiger partial charge in [-0.25, -0.2) is 0 Å². The van der Waals surface area contributed by atoms with Crippen LogP contribution in [0.4, 0.5) is 0 Å². The summed E-state index contributed by atoms with van der Waals surface area (Å²) in [5.74, 6) is 0.562. The van der Waals surface area contributed by atoms with Gasteiger partial charge in [0.2, 0.25) is 0 Å². The Labute approximate surface area is 314 Å². The molecule has 0 aliphatic heterocycles. The number of rotatable bonds is 7. The number of carbonyl (C=O) groups excluding carboxylic acids is 2. The molecule has 2 atom stereocenters. The Morgan fingerprint density at radius 1 is 0.580 bits per heavy atom. The number of Topliss-reactive ketones (excluding diaryl/α,β-unsaturated/α-hetero) is 2. The monoisotopic (exact) mass is 783 g/mol. The lowest BCUT2D eigenvalue weighted by Crippen LogP contribution is -2.35. The summed E-state index contributed by atoms with van der Waals surface area (Å²) in [6, 6.07) is 34.8. The van der Waals surface area contributed by atoms with Crippen LogP contribution in [0.5, 0.6) is 0 Å². The van der Waals surface area contributed by atoms with E-state index < -0.39 is 0 Å². The molecular formula is C44H54IN3O2. The maximum Gasteiger partial charge on any atom is 0.165 e. The van der Waals surface area contributed by atoms with Crippen molar-refractivity contribution in [2.45, 2.75) is 83.5 Å². The van der Waals surface area contributed by atoms with Crippen molar-refractivity contribution in [1.82, 2.24) is 15.1 Å². The van der Waals surface area contributed by atoms with Gasteiger partial charge < -0.3 is 10.2 Å². The average Bonchev–Trinajstić information content (AvgIpc) is 3.94. The van der Waals surface area contributed by atoms with E-state index in [4.69, 9.17) is 0 Å². The van der Waals surface area contributed by atoms with Crippen LogP contribution in [0.25, 0.3) is 0 Å². The number of alkyl halides is 1. The number of nitrogens with zero attached hydrogens (tertiary/aromatic N) is 2. The summed E-state index contributed by atoms with van der Waals surface area (Å²) < 4.78 is 0. The predicted molar refractivity (Wildman–Crippen MR) is 216 cm³/mol. The van der Waals surface area contributed by atoms with Crippen molar-refractivity contribution >= 4 is 34.2 Å². The van der Waals surface area contributed by atoms with E-state index in [1.54, 1.807) is 0 Å². The Morgan fingerprint density at radius 2 is 1.00 bits per heavy atom. The van der Waals surface area contributed by atoms with Crippen molar-refractivity contribution in [2.75, 3.05) is 31.6 Å². The Bertz CT molecular complexity index is 1680. The summed E-state index contributed by atoms with van der Waals surface area (Å²) in [7, 11) is 2.18. The molecule has 264 valence electrons. The zero-order valence-electron chi connectivity index (χ0n) is 30.5. The van der Waals surface area contributed by atoms with Crippen molar-refractivity contribution in [3.8, 4) is 0 Å². The van der Waals surface area contributed by atoms with Crippen LogP contribution < -0.4 is 5.32 Å². The molecule has 4 aliphatic rings. The minimum absolute atomic E-state index is 0.193. The third-order valence-corrected chi connectivity index (χ3v) is 11.0. The Hall–Kier alpha value is -3.17. The SMILES string of the molecule is CCN(CC)CC.CI.CN(C1Cc2ccccc2C1)C1CC(=O)c2ccccc21.O=C1CC(NC2Cc3ccccc3C2)c2ccccc21. The second kappa shape index (κ2) is 18.4. The number of fused-ring (bicyclic) bond motifs is 4. The zero-order valence-corrected chi connectivity index (χ0v) is 32.7. The molecule has 0 aromatic heterocycles. The predicted octanol–water partition coefficient (Wildman–Crippen LogP) is 8.88. The van der Waals surface area contributed by atoms with Crippen LogP contribution in [0, 0.1) is 0 Å². The normalized spacial score (nSPS) is 18.7. The van der Waals surface area contributed by atoms with Gasteiger partial charge in [-0.05, 0) is 90.7 Å². The van der Waals surface area contributed by atoms with Gasteiger partial charge in [0.15, 0.2) is 11.6 Å². The minimum Gasteiger partial charge on any atom is -0.306 e. The first-order valence-corrected chi connectivity index (χ1v) is 20.5. The van der Waals surface area contributed by atoms with Crippen LogP contribution in [-0.2, 0) is 25.7 Å². The minimum atomic E-state index is 0.193. The van der Waals surface area contributed by atoms with Crippen molar-refractivity contribution < 1.29 is 9.59 Å². The molecule has 0 radical (unpaired) electrons. The molecule has 0 saturated heterocycles. The smallest absolute Gasteiger partial charge is 0.165 e. The third kappa shape index (κ3) is 8.82. The number of carbonyl (C=O) groups is 2. The number of nitrogens with one attached hydrogen (secondary N) is 1. The van der Waals surface area contributed by atoms with Gasteiger partial charge in [0.1, 0.15) is 0 Å². The Morgan fingerprint density at radius 3 is 1.50 bits per heavy atom. The summed E-state index contributed by atoms with van der Waals surface area (Å²) in [6.45, 7) is 10.1. The highest BCUT2D eigenvalue weighted by molar-refractivity contribution is 14.1. The highest BCUT2D eigenvalue weighted by atomic mass is 127. The van der Waals surface area contributed by atoms with Gasteiger partial charge in [0.25, 0.3) is 0 Å². The van der Waals surface area contributed by atoms with E-state index >= 15 is 0 Å². The van der Waals surface area contributed by atoms with Crippen molar-refractivity contribution in [2.24, 2.45) is 0 Å². The van der Waals surface area contributed by atoms with Crippen molar-refractivity contribution in [3.05, 3.63) is 142 Å². The molecule has 4 aromatic carbocycles. The number of ketones is 2. The van der Waals surface area contributed by atoms with Gasteiger partial charge in [-0.15, -0.1) is 0 Å². The van der Waals surface area contributed by atoms with E-state index in [1.807, 2.05) is 41.3 Å². The van der Waals surface area contributed by atoms with Gasteiger partial charge in [-0.2, -0.15) is 0 Å². The Kier molecular flexibility index (Phi) is 14.0. The molecule has 5 nitrogen and oxygen atoms in total. The summed E-state index contributed by atoms with van der Waals surface area (Å²) in [5.41, 5.74) is 10.0. The van der Waals surface area contributed by atoms with Crippen LogP contribution >= 0.6 is 22.6 Å². The van der Waals surface area contributed by atoms with E-state index in [-0.39, 0.29) is 23.7 Å². The molecule has 0 fully saturated rings. The van der Waals surface area contributed by atoms with Crippen LogP contribution in [0.15, 0.2) is 97.1 Å². The maximum absolute atomic E-state index is 12.2. The lowest BCUT2D eigenvalue weighted by atomic mass is 10.0. The number of hydrogen-bond donors (Lipinski definition) is 1. The Balaban J connectivity index is 0.000000158. The summed E-state index contributed by atoms with van der Waals surface area (Å²) in [5, 5.41) is 3.69. The van der Waals surface area contributed by atoms with Gasteiger partial charge >= 0.3 is 0 Å². The van der Waals surface area contributed by atoms with Crippen LogP contribution in [0.1, 0.15) is 99.8 Å². The molecule has 4 aromatic rings. The van der Waals surface area contributed by atoms with Gasteiger partial charge in [0.05, 0.1) is 0 Å². The summed E-state index contributed by atoms with van der Waals surface area (Å²) in [4.78, 5) is 31.0. The quantitative estimate of drug-likeness (QED) is 0.150. The molecule has 8 rings (SSSR count). The largest absolute Gasteiger partial charge is 0.306 e. The molecule has 1 N–H and O–H groups in total. The van der Waals surface area contributed by atoms with Crippen LogP contribution in [0.3, 0.4) is 0 Å². The lowest BCUT2D eigenvalue weighted by molar-refractivity contribution is 0.0943. The van der Waals surface area contributed by atoms with Crippen LogP contribution in [0.2, 0.25) is 0 Å². The number of likely N-dealkylation sites (N-methyl/N-ethyl adjacent to an activating group) is 1. The maximum atomic E-state index is 12.2. The number of halogens is 1. The average molecular weight is 784 g/mol. The van der Waals surface area contributed by atoms with Crippen molar-refractivity contribution in [3.63, 3.8) is 0 Å².